The third-order valence-electron chi connectivity index (χ3n) is 7.41. The first-order valence-electron chi connectivity index (χ1n) is 13.6. The number of carbonyl (C=O) groups excluding carboxylic acids is 1. The fraction of sp³-hybridized carbons (Fsp3) is 0.581. The van der Waals surface area contributed by atoms with Gasteiger partial charge in [-0.05, 0) is 76.7 Å². The molecule has 5 nitrogen and oxygen atoms in total. The monoisotopic (exact) mass is 527 g/mol. The molecule has 0 N–H and O–H groups in total. The summed E-state index contributed by atoms with van der Waals surface area (Å²) in [5.74, 6) is 2.01. The van der Waals surface area contributed by atoms with Gasteiger partial charge in [0.15, 0.2) is 0 Å². The summed E-state index contributed by atoms with van der Waals surface area (Å²) in [4.78, 5) is 14.8. The molecule has 202 valence electrons. The lowest BCUT2D eigenvalue weighted by molar-refractivity contribution is -0.160. The van der Waals surface area contributed by atoms with Crippen molar-refractivity contribution >= 4 is 17.6 Å². The molecule has 2 aromatic rings. The number of benzene rings is 2. The van der Waals surface area contributed by atoms with E-state index in [1.54, 1.807) is 0 Å². The summed E-state index contributed by atoms with van der Waals surface area (Å²) < 4.78 is 18.0. The number of hydrogen-bond donors (Lipinski definition) is 0. The second-order valence-corrected chi connectivity index (χ2v) is 12.6. The fourth-order valence-electron chi connectivity index (χ4n) is 5.44. The number of rotatable bonds is 8. The van der Waals surface area contributed by atoms with E-state index in [2.05, 4.69) is 36.9 Å². The van der Waals surface area contributed by atoms with Gasteiger partial charge in [0.05, 0.1) is 12.5 Å². The minimum atomic E-state index is -0.450. The topological polar surface area (TPSA) is 48.0 Å². The van der Waals surface area contributed by atoms with Crippen molar-refractivity contribution in [2.75, 3.05) is 26.2 Å². The van der Waals surface area contributed by atoms with Crippen LogP contribution in [0.15, 0.2) is 36.4 Å². The van der Waals surface area contributed by atoms with E-state index in [4.69, 9.17) is 25.8 Å². The number of likely N-dealkylation sites (tertiary alicyclic amines) is 1. The smallest absolute Gasteiger partial charge is 0.310 e. The number of esters is 1. The van der Waals surface area contributed by atoms with Crippen LogP contribution < -0.4 is 9.47 Å². The quantitative estimate of drug-likeness (QED) is 0.352. The maximum absolute atomic E-state index is 12.4. The average molecular weight is 528 g/mol. The first kappa shape index (κ1) is 27.8. The van der Waals surface area contributed by atoms with Crippen LogP contribution in [0.1, 0.15) is 71.1 Å². The van der Waals surface area contributed by atoms with Crippen LogP contribution in [0, 0.1) is 11.8 Å². The van der Waals surface area contributed by atoms with Gasteiger partial charge in [-0.1, -0.05) is 50.6 Å². The van der Waals surface area contributed by atoms with Crippen molar-refractivity contribution in [3.63, 3.8) is 0 Å². The standard InChI is InChI=1S/C31H42ClNO4/c1-21(2)16-23-8-7-9-27(32)25(23)19-35-24-10-11-26-28(17-24)36-20-31(26)12-14-33(15-13-31)18-22(3)29(34)37-30(4,5)6/h7-11,17,21-22H,12-16,18-20H2,1-6H3. The van der Waals surface area contributed by atoms with E-state index in [9.17, 15) is 4.79 Å². The molecule has 2 aliphatic rings. The number of hydrogen-bond acceptors (Lipinski definition) is 5. The number of halogens is 1. The van der Waals surface area contributed by atoms with Crippen molar-refractivity contribution in [2.24, 2.45) is 11.8 Å². The van der Waals surface area contributed by atoms with Gasteiger partial charge in [0.2, 0.25) is 0 Å². The molecule has 0 saturated carbocycles. The molecule has 0 aliphatic carbocycles. The predicted octanol–water partition coefficient (Wildman–Crippen LogP) is 6.82. The second-order valence-electron chi connectivity index (χ2n) is 12.2. The molecule has 0 bridgehead atoms. The Balaban J connectivity index is 1.36. The molecule has 2 aliphatic heterocycles. The molecule has 1 spiro atoms. The molecule has 1 fully saturated rings. The Bertz CT molecular complexity index is 1100. The van der Waals surface area contributed by atoms with E-state index >= 15 is 0 Å². The summed E-state index contributed by atoms with van der Waals surface area (Å²) in [6.07, 6.45) is 3.00. The van der Waals surface area contributed by atoms with Crippen LogP contribution in [-0.2, 0) is 28.0 Å². The van der Waals surface area contributed by atoms with Crippen molar-refractivity contribution < 1.29 is 19.0 Å². The number of carbonyl (C=O) groups is 1. The van der Waals surface area contributed by atoms with Gasteiger partial charge in [-0.3, -0.25) is 4.79 Å². The molecular formula is C31H42ClNO4. The molecule has 4 rings (SSSR count). The molecular weight excluding hydrogens is 486 g/mol. The van der Waals surface area contributed by atoms with Gasteiger partial charge >= 0.3 is 5.97 Å². The lowest BCUT2D eigenvalue weighted by Gasteiger charge is -2.39. The molecule has 1 saturated heterocycles. The zero-order valence-corrected chi connectivity index (χ0v) is 24.0. The number of ether oxygens (including phenoxy) is 3. The molecule has 2 heterocycles. The molecule has 37 heavy (non-hydrogen) atoms. The maximum atomic E-state index is 12.4. The van der Waals surface area contributed by atoms with E-state index in [0.717, 1.165) is 61.0 Å². The molecule has 0 radical (unpaired) electrons. The summed E-state index contributed by atoms with van der Waals surface area (Å²) in [7, 11) is 0. The van der Waals surface area contributed by atoms with Crippen LogP contribution in [0.25, 0.3) is 0 Å². The van der Waals surface area contributed by atoms with Crippen molar-refractivity contribution in [1.82, 2.24) is 4.90 Å². The average Bonchev–Trinajstić information content (AvgIpc) is 3.16. The van der Waals surface area contributed by atoms with Crippen LogP contribution >= 0.6 is 11.6 Å². The third-order valence-corrected chi connectivity index (χ3v) is 7.76. The first-order valence-corrected chi connectivity index (χ1v) is 14.0. The zero-order chi connectivity index (χ0) is 26.8. The normalized spacial score (nSPS) is 17.9. The predicted molar refractivity (Wildman–Crippen MR) is 149 cm³/mol. The summed E-state index contributed by atoms with van der Waals surface area (Å²) in [5, 5.41) is 0.752. The SMILES string of the molecule is CC(C)Cc1cccc(Cl)c1COc1ccc2c(c1)OCC21CCN(CC(C)C(=O)OC(C)(C)C)CC1. The number of piperidine rings is 1. The largest absolute Gasteiger partial charge is 0.492 e. The van der Waals surface area contributed by atoms with Gasteiger partial charge in [0.25, 0.3) is 0 Å². The van der Waals surface area contributed by atoms with Crippen LogP contribution in [-0.4, -0.2) is 42.7 Å². The summed E-state index contributed by atoms with van der Waals surface area (Å²) in [6, 6.07) is 12.3. The lowest BCUT2D eigenvalue weighted by Crippen LogP contribution is -2.46. The Kier molecular flexibility index (Phi) is 8.45. The van der Waals surface area contributed by atoms with Crippen LogP contribution in [0.5, 0.6) is 11.5 Å². The van der Waals surface area contributed by atoms with Gasteiger partial charge in [-0.15, -0.1) is 0 Å². The van der Waals surface area contributed by atoms with E-state index in [1.165, 1.54) is 11.1 Å². The van der Waals surface area contributed by atoms with Crippen molar-refractivity contribution in [2.45, 2.75) is 78.4 Å². The van der Waals surface area contributed by atoms with Crippen molar-refractivity contribution in [1.29, 1.82) is 0 Å². The zero-order valence-electron chi connectivity index (χ0n) is 23.2. The van der Waals surface area contributed by atoms with Crippen molar-refractivity contribution in [3.8, 4) is 11.5 Å². The highest BCUT2D eigenvalue weighted by molar-refractivity contribution is 6.31. The van der Waals surface area contributed by atoms with Crippen LogP contribution in [0.4, 0.5) is 0 Å². The molecule has 2 aromatic carbocycles. The number of nitrogens with zero attached hydrogens (tertiary/aromatic N) is 1. The second kappa shape index (κ2) is 11.2. The van der Waals surface area contributed by atoms with Gasteiger partial charge < -0.3 is 19.1 Å². The highest BCUT2D eigenvalue weighted by atomic mass is 35.5. The highest BCUT2D eigenvalue weighted by Gasteiger charge is 2.43. The Labute approximate surface area is 227 Å². The summed E-state index contributed by atoms with van der Waals surface area (Å²) in [6.45, 7) is 15.9. The van der Waals surface area contributed by atoms with Crippen molar-refractivity contribution in [3.05, 3.63) is 58.1 Å². The molecule has 1 atom stereocenters. The van der Waals surface area contributed by atoms with Gasteiger partial charge in [-0.25, -0.2) is 0 Å². The van der Waals surface area contributed by atoms with E-state index < -0.39 is 5.60 Å². The molecule has 6 heteroatoms. The molecule has 1 unspecified atom stereocenters. The number of fused-ring (bicyclic) bond motifs is 2. The van der Waals surface area contributed by atoms with E-state index in [1.807, 2.05) is 45.9 Å². The van der Waals surface area contributed by atoms with Gasteiger partial charge in [-0.2, -0.15) is 0 Å². The Hall–Kier alpha value is -2.24. The molecule has 0 aromatic heterocycles. The van der Waals surface area contributed by atoms with E-state index in [-0.39, 0.29) is 17.3 Å². The fourth-order valence-corrected chi connectivity index (χ4v) is 5.69. The van der Waals surface area contributed by atoms with E-state index in [0.29, 0.717) is 19.1 Å². The van der Waals surface area contributed by atoms with Crippen LogP contribution in [0.3, 0.4) is 0 Å². The van der Waals surface area contributed by atoms with Gasteiger partial charge in [0.1, 0.15) is 23.7 Å². The summed E-state index contributed by atoms with van der Waals surface area (Å²) in [5.41, 5.74) is 3.16. The highest BCUT2D eigenvalue weighted by Crippen LogP contribution is 2.47. The van der Waals surface area contributed by atoms with Crippen LogP contribution in [0.2, 0.25) is 5.02 Å². The maximum Gasteiger partial charge on any atom is 0.310 e. The Morgan fingerprint density at radius 3 is 2.54 bits per heavy atom. The summed E-state index contributed by atoms with van der Waals surface area (Å²) >= 11 is 6.52. The first-order chi connectivity index (χ1) is 17.5. The third kappa shape index (κ3) is 6.80. The Morgan fingerprint density at radius 2 is 1.86 bits per heavy atom. The minimum Gasteiger partial charge on any atom is -0.492 e. The van der Waals surface area contributed by atoms with Gasteiger partial charge in [0, 0.05) is 34.2 Å². The minimum absolute atomic E-state index is 0.0344. The molecule has 0 amide bonds. The lowest BCUT2D eigenvalue weighted by atomic mass is 9.74. The Morgan fingerprint density at radius 1 is 1.14 bits per heavy atom.